The van der Waals surface area contributed by atoms with Gasteiger partial charge in [0.15, 0.2) is 0 Å². The smallest absolute Gasteiger partial charge is 0.274 e. The van der Waals surface area contributed by atoms with Gasteiger partial charge in [0.25, 0.3) is 11.5 Å². The zero-order valence-corrected chi connectivity index (χ0v) is 18.1. The third kappa shape index (κ3) is 3.16. The maximum atomic E-state index is 14.3. The molecule has 3 aliphatic rings. The number of rotatable bonds is 3. The van der Waals surface area contributed by atoms with Crippen molar-refractivity contribution in [2.45, 2.75) is 36.7 Å². The first-order valence-corrected chi connectivity index (χ1v) is 11.2. The second-order valence-corrected chi connectivity index (χ2v) is 9.13. The summed E-state index contributed by atoms with van der Waals surface area (Å²) in [7, 11) is 0. The van der Waals surface area contributed by atoms with Crippen LogP contribution in [-0.4, -0.2) is 56.8 Å². The average Bonchev–Trinajstić information content (AvgIpc) is 3.43. The van der Waals surface area contributed by atoms with E-state index in [0.29, 0.717) is 19.7 Å². The van der Waals surface area contributed by atoms with Crippen molar-refractivity contribution in [3.63, 3.8) is 0 Å². The second-order valence-electron chi connectivity index (χ2n) is 9.13. The van der Waals surface area contributed by atoms with Gasteiger partial charge >= 0.3 is 0 Å². The summed E-state index contributed by atoms with van der Waals surface area (Å²) in [6.45, 7) is 1.14. The van der Waals surface area contributed by atoms with Crippen LogP contribution in [0.5, 0.6) is 0 Å². The van der Waals surface area contributed by atoms with Crippen LogP contribution in [0.2, 0.25) is 0 Å². The summed E-state index contributed by atoms with van der Waals surface area (Å²) in [5, 5.41) is 8.67. The molecule has 3 aromatic rings. The van der Waals surface area contributed by atoms with Crippen molar-refractivity contribution in [1.29, 1.82) is 0 Å². The highest BCUT2D eigenvalue weighted by Gasteiger charge is 2.56. The lowest BCUT2D eigenvalue weighted by molar-refractivity contribution is -0.0602. The number of aromatic amines is 1. The number of amides is 1. The minimum Gasteiger partial charge on any atom is -0.374 e. The molecule has 2 bridgehead atoms. The van der Waals surface area contributed by atoms with E-state index in [-0.39, 0.29) is 40.4 Å². The molecule has 1 aliphatic heterocycles. The van der Waals surface area contributed by atoms with E-state index in [1.807, 2.05) is 0 Å². The van der Waals surface area contributed by atoms with E-state index in [2.05, 4.69) is 20.2 Å². The summed E-state index contributed by atoms with van der Waals surface area (Å²) in [6, 6.07) is 5.49. The predicted molar refractivity (Wildman–Crippen MR) is 116 cm³/mol. The van der Waals surface area contributed by atoms with Crippen LogP contribution >= 0.6 is 0 Å². The lowest BCUT2D eigenvalue weighted by Crippen LogP contribution is -2.53. The van der Waals surface area contributed by atoms with Gasteiger partial charge < -0.3 is 14.6 Å². The number of morpholine rings is 1. The normalized spacial score (nSPS) is 25.4. The number of nitrogens with zero attached hydrogens (tertiary/aromatic N) is 4. The maximum absolute atomic E-state index is 14.3. The highest BCUT2D eigenvalue weighted by Crippen LogP contribution is 2.59. The zero-order valence-electron chi connectivity index (χ0n) is 18.1. The Labute approximate surface area is 193 Å². The fraction of sp³-hybridized carbons (Fsp3) is 0.375. The van der Waals surface area contributed by atoms with Gasteiger partial charge in [-0.05, 0) is 48.9 Å². The molecule has 8 nitrogen and oxygen atoms in total. The van der Waals surface area contributed by atoms with Crippen molar-refractivity contribution >= 4 is 5.91 Å². The van der Waals surface area contributed by atoms with Crippen molar-refractivity contribution < 1.29 is 18.3 Å². The van der Waals surface area contributed by atoms with Crippen LogP contribution in [0, 0.1) is 11.6 Å². The quantitative estimate of drug-likeness (QED) is 0.638. The van der Waals surface area contributed by atoms with Crippen LogP contribution in [0.1, 0.15) is 46.9 Å². The fourth-order valence-corrected chi connectivity index (χ4v) is 5.76. The number of carbonyl (C=O) groups is 1. The van der Waals surface area contributed by atoms with Crippen molar-refractivity contribution in [2.75, 3.05) is 19.7 Å². The zero-order chi connectivity index (χ0) is 23.4. The monoisotopic (exact) mass is 465 g/mol. The number of fused-ring (bicyclic) bond motifs is 5. The molecule has 2 aliphatic carbocycles. The van der Waals surface area contributed by atoms with Crippen LogP contribution in [0.15, 0.2) is 41.5 Å². The SMILES string of the molecule is O=C(c1c[nH]c(=O)cn1)N1CCO[C@@H]([C@]23CC[C@H](C2)c2cc(-c4c(F)cccc4F)nnc23)C1. The number of benzene rings is 1. The number of ether oxygens (including phenoxy) is 1. The van der Waals surface area contributed by atoms with Gasteiger partial charge in [-0.1, -0.05) is 6.07 Å². The van der Waals surface area contributed by atoms with Crippen molar-refractivity contribution in [3.05, 3.63) is 75.6 Å². The van der Waals surface area contributed by atoms with Gasteiger partial charge in [0.05, 0.1) is 35.9 Å². The van der Waals surface area contributed by atoms with E-state index in [4.69, 9.17) is 4.74 Å². The molecule has 0 spiro atoms. The molecule has 174 valence electrons. The Bertz CT molecular complexity index is 1320. The Morgan fingerprint density at radius 3 is 2.82 bits per heavy atom. The average molecular weight is 465 g/mol. The van der Waals surface area contributed by atoms with Crippen LogP contribution in [0.4, 0.5) is 8.78 Å². The van der Waals surface area contributed by atoms with Crippen molar-refractivity contribution in [2.24, 2.45) is 0 Å². The maximum Gasteiger partial charge on any atom is 0.274 e. The van der Waals surface area contributed by atoms with E-state index in [1.54, 1.807) is 11.0 Å². The van der Waals surface area contributed by atoms with Gasteiger partial charge in [-0.2, -0.15) is 10.2 Å². The van der Waals surface area contributed by atoms with Crippen LogP contribution in [0.3, 0.4) is 0 Å². The number of hydrogen-bond donors (Lipinski definition) is 1. The summed E-state index contributed by atoms with van der Waals surface area (Å²) >= 11 is 0. The molecule has 34 heavy (non-hydrogen) atoms. The fourth-order valence-electron chi connectivity index (χ4n) is 5.76. The third-order valence-corrected chi connectivity index (χ3v) is 7.36. The molecule has 2 aromatic heterocycles. The molecule has 0 unspecified atom stereocenters. The first-order valence-electron chi connectivity index (χ1n) is 11.2. The van der Waals surface area contributed by atoms with E-state index >= 15 is 0 Å². The number of halogens is 2. The first-order chi connectivity index (χ1) is 16.5. The van der Waals surface area contributed by atoms with Crippen molar-refractivity contribution in [1.82, 2.24) is 25.1 Å². The summed E-state index contributed by atoms with van der Waals surface area (Å²) < 4.78 is 34.8. The van der Waals surface area contributed by atoms with Gasteiger partial charge in [0.2, 0.25) is 0 Å². The Kier molecular flexibility index (Phi) is 4.80. The van der Waals surface area contributed by atoms with Crippen LogP contribution < -0.4 is 5.56 Å². The molecule has 6 rings (SSSR count). The molecule has 10 heteroatoms. The van der Waals surface area contributed by atoms with Crippen LogP contribution in [0.25, 0.3) is 11.3 Å². The highest BCUT2D eigenvalue weighted by molar-refractivity contribution is 5.92. The molecule has 2 fully saturated rings. The van der Waals surface area contributed by atoms with Gasteiger partial charge in [0, 0.05) is 24.7 Å². The summed E-state index contributed by atoms with van der Waals surface area (Å²) in [5.41, 5.74) is 1.15. The van der Waals surface area contributed by atoms with E-state index in [0.717, 1.165) is 36.7 Å². The summed E-state index contributed by atoms with van der Waals surface area (Å²) in [5.74, 6) is -1.42. The molecular formula is C24H21F2N5O3. The number of nitrogens with one attached hydrogen (secondary N) is 1. The second kappa shape index (κ2) is 7.76. The molecule has 0 radical (unpaired) electrons. The Morgan fingerprint density at radius 1 is 1.24 bits per heavy atom. The number of H-pyrrole nitrogens is 1. The van der Waals surface area contributed by atoms with Gasteiger partial charge in [0.1, 0.15) is 17.3 Å². The summed E-state index contributed by atoms with van der Waals surface area (Å²) in [6.07, 6.45) is 4.67. The summed E-state index contributed by atoms with van der Waals surface area (Å²) in [4.78, 5) is 32.4. The minimum absolute atomic E-state index is 0.171. The van der Waals surface area contributed by atoms with E-state index < -0.39 is 17.0 Å². The lowest BCUT2D eigenvalue weighted by Gasteiger charge is -2.42. The molecule has 1 saturated carbocycles. The topological polar surface area (TPSA) is 101 Å². The molecule has 3 heterocycles. The number of hydrogen-bond acceptors (Lipinski definition) is 6. The number of carbonyl (C=O) groups excluding carboxylic acids is 1. The Hall–Kier alpha value is -3.53. The number of aromatic nitrogens is 4. The first kappa shape index (κ1) is 21.0. The molecular weight excluding hydrogens is 444 g/mol. The predicted octanol–water partition coefficient (Wildman–Crippen LogP) is 2.57. The minimum atomic E-state index is -0.673. The molecule has 3 atom stereocenters. The molecule has 1 amide bonds. The van der Waals surface area contributed by atoms with Gasteiger partial charge in [-0.15, -0.1) is 0 Å². The van der Waals surface area contributed by atoms with E-state index in [9.17, 15) is 18.4 Å². The lowest BCUT2D eigenvalue weighted by atomic mass is 9.77. The van der Waals surface area contributed by atoms with Gasteiger partial charge in [-0.25, -0.2) is 13.8 Å². The van der Waals surface area contributed by atoms with Gasteiger partial charge in [-0.3, -0.25) is 9.59 Å². The van der Waals surface area contributed by atoms with Crippen LogP contribution in [-0.2, 0) is 10.2 Å². The molecule has 1 aromatic carbocycles. The largest absolute Gasteiger partial charge is 0.374 e. The standard InChI is InChI=1S/C24H21F2N5O3/c25-15-2-1-3-16(26)21(15)17-8-14-13-4-5-24(9-13,22(14)30-29-17)19-12-31(6-7-34-19)23(33)18-10-28-20(32)11-27-18/h1-3,8,10-11,13,19H,4-7,9,12H2,(H,28,32)/t13-,19-,24+/m1/s1. The van der Waals surface area contributed by atoms with Crippen molar-refractivity contribution in [3.8, 4) is 11.3 Å². The Balaban J connectivity index is 1.31. The molecule has 1 saturated heterocycles. The van der Waals surface area contributed by atoms with E-state index in [1.165, 1.54) is 24.4 Å². The third-order valence-electron chi connectivity index (χ3n) is 7.36. The Morgan fingerprint density at radius 2 is 2.06 bits per heavy atom. The molecule has 1 N–H and O–H groups in total. The highest BCUT2D eigenvalue weighted by atomic mass is 19.1.